The zero-order valence-corrected chi connectivity index (χ0v) is 16.8. The molecule has 1 aromatic rings. The summed E-state index contributed by atoms with van der Waals surface area (Å²) in [5.41, 5.74) is -0.502. The minimum absolute atomic E-state index is 0.104. The van der Waals surface area contributed by atoms with E-state index in [9.17, 15) is 19.5 Å². The normalized spacial score (nSPS) is 17.8. The Kier molecular flexibility index (Phi) is 7.43. The highest BCUT2D eigenvalue weighted by Gasteiger charge is 2.44. The Morgan fingerprint density at radius 3 is 2.39 bits per heavy atom. The molecule has 2 rings (SSSR count). The number of likely N-dealkylation sites (N-methyl/N-ethyl adjacent to an activating group) is 1. The van der Waals surface area contributed by atoms with E-state index in [1.54, 1.807) is 13.8 Å². The largest absolute Gasteiger partial charge is 0.480 e. The molecule has 1 aliphatic rings. The number of carboxylic acid groups (broad SMARTS) is 1. The van der Waals surface area contributed by atoms with E-state index >= 15 is 0 Å². The van der Waals surface area contributed by atoms with Crippen molar-refractivity contribution in [2.24, 2.45) is 5.92 Å². The molecule has 2 amide bonds. The van der Waals surface area contributed by atoms with Crippen molar-refractivity contribution in [3.8, 4) is 0 Å². The molecule has 1 aromatic carbocycles. The molecule has 28 heavy (non-hydrogen) atoms. The van der Waals surface area contributed by atoms with Crippen LogP contribution in [0.5, 0.6) is 0 Å². The van der Waals surface area contributed by atoms with Crippen molar-refractivity contribution >= 4 is 18.0 Å². The van der Waals surface area contributed by atoms with E-state index in [2.05, 4.69) is 5.32 Å². The second-order valence-electron chi connectivity index (χ2n) is 7.66. The van der Waals surface area contributed by atoms with Crippen LogP contribution in [0.2, 0.25) is 0 Å². The molecule has 7 nitrogen and oxygen atoms in total. The van der Waals surface area contributed by atoms with Crippen LogP contribution in [-0.2, 0) is 20.9 Å². The molecule has 2 N–H and O–H groups in total. The van der Waals surface area contributed by atoms with Gasteiger partial charge in [0.15, 0.2) is 0 Å². The number of rotatable bonds is 7. The maximum atomic E-state index is 12.7. The number of benzene rings is 1. The molecule has 154 valence electrons. The predicted octanol–water partition coefficient (Wildman–Crippen LogP) is 3.18. The fourth-order valence-electron chi connectivity index (χ4n) is 3.53. The molecule has 1 saturated carbocycles. The van der Waals surface area contributed by atoms with Gasteiger partial charge in [0.1, 0.15) is 18.2 Å². The molecule has 0 unspecified atom stereocenters. The van der Waals surface area contributed by atoms with Crippen LogP contribution in [0.25, 0.3) is 0 Å². The first-order valence-corrected chi connectivity index (χ1v) is 9.74. The number of hydrogen-bond donors (Lipinski definition) is 2. The Hall–Kier alpha value is -2.57. The molecule has 1 aliphatic carbocycles. The summed E-state index contributed by atoms with van der Waals surface area (Å²) in [6.07, 6.45) is 3.92. The number of carbonyl (C=O) groups excluding carboxylic acids is 2. The molecule has 0 aliphatic heterocycles. The second-order valence-corrected chi connectivity index (χ2v) is 7.66. The highest BCUT2D eigenvalue weighted by atomic mass is 16.6. The van der Waals surface area contributed by atoms with Crippen LogP contribution in [0.15, 0.2) is 30.3 Å². The first-order valence-electron chi connectivity index (χ1n) is 9.74. The van der Waals surface area contributed by atoms with E-state index in [1.807, 2.05) is 30.3 Å². The Morgan fingerprint density at radius 2 is 1.82 bits per heavy atom. The van der Waals surface area contributed by atoms with Crippen LogP contribution >= 0.6 is 0 Å². The average molecular weight is 390 g/mol. The Labute approximate surface area is 166 Å². The molecule has 0 aromatic heterocycles. The molecule has 0 heterocycles. The summed E-state index contributed by atoms with van der Waals surface area (Å²) in [4.78, 5) is 38.1. The third-order valence-corrected chi connectivity index (χ3v) is 5.70. The number of carboxylic acids is 1. The van der Waals surface area contributed by atoms with Crippen LogP contribution in [0.1, 0.15) is 51.5 Å². The van der Waals surface area contributed by atoms with Crippen molar-refractivity contribution in [3.05, 3.63) is 35.9 Å². The summed E-state index contributed by atoms with van der Waals surface area (Å²) in [5.74, 6) is -1.67. The van der Waals surface area contributed by atoms with Crippen LogP contribution in [0.4, 0.5) is 4.79 Å². The van der Waals surface area contributed by atoms with Gasteiger partial charge in [0.05, 0.1) is 0 Å². The first-order chi connectivity index (χ1) is 13.3. The highest BCUT2D eigenvalue weighted by molar-refractivity contribution is 5.91. The number of aliphatic carboxylic acids is 1. The van der Waals surface area contributed by atoms with E-state index in [0.717, 1.165) is 37.7 Å². The number of carbonyl (C=O) groups is 3. The minimum atomic E-state index is -1.35. The summed E-state index contributed by atoms with van der Waals surface area (Å²) in [7, 11) is 1.47. The van der Waals surface area contributed by atoms with Crippen molar-refractivity contribution in [1.29, 1.82) is 0 Å². The van der Waals surface area contributed by atoms with Gasteiger partial charge in [-0.3, -0.25) is 9.69 Å². The quantitative estimate of drug-likeness (QED) is 0.745. The van der Waals surface area contributed by atoms with Gasteiger partial charge in [-0.2, -0.15) is 0 Å². The number of ether oxygens (including phenoxy) is 1. The van der Waals surface area contributed by atoms with Crippen molar-refractivity contribution in [1.82, 2.24) is 10.2 Å². The third-order valence-electron chi connectivity index (χ3n) is 5.70. The Morgan fingerprint density at radius 1 is 1.21 bits per heavy atom. The fourth-order valence-corrected chi connectivity index (χ4v) is 3.53. The molecule has 2 atom stereocenters. The monoisotopic (exact) mass is 390 g/mol. The van der Waals surface area contributed by atoms with Crippen LogP contribution in [0, 0.1) is 5.92 Å². The topological polar surface area (TPSA) is 95.9 Å². The second kappa shape index (κ2) is 9.57. The molecule has 0 bridgehead atoms. The smallest absolute Gasteiger partial charge is 0.410 e. The van der Waals surface area contributed by atoms with E-state index in [4.69, 9.17) is 4.74 Å². The van der Waals surface area contributed by atoms with Gasteiger partial charge in [-0.15, -0.1) is 0 Å². The zero-order chi connectivity index (χ0) is 20.7. The lowest BCUT2D eigenvalue weighted by atomic mass is 9.75. The Balaban J connectivity index is 1.96. The van der Waals surface area contributed by atoms with Gasteiger partial charge in [0.25, 0.3) is 0 Å². The fraction of sp³-hybridized carbons (Fsp3) is 0.571. The van der Waals surface area contributed by atoms with Gasteiger partial charge >= 0.3 is 12.1 Å². The Bertz CT molecular complexity index is 687. The van der Waals surface area contributed by atoms with Crippen LogP contribution in [-0.4, -0.2) is 46.6 Å². The maximum Gasteiger partial charge on any atom is 0.410 e. The molecule has 0 saturated heterocycles. The number of nitrogens with zero attached hydrogens (tertiary/aromatic N) is 1. The SMILES string of the molecule is C[C@@H](C(=O)N[C@](C)(C(=O)O)C1CCCCC1)N(C)C(=O)OCc1ccccc1. The average Bonchev–Trinajstić information content (AvgIpc) is 2.71. The number of nitrogens with one attached hydrogen (secondary N) is 1. The van der Waals surface area contributed by atoms with Gasteiger partial charge in [0, 0.05) is 7.05 Å². The highest BCUT2D eigenvalue weighted by Crippen LogP contribution is 2.33. The van der Waals surface area contributed by atoms with Crippen LogP contribution in [0.3, 0.4) is 0 Å². The zero-order valence-electron chi connectivity index (χ0n) is 16.8. The maximum absolute atomic E-state index is 12.7. The number of amides is 2. The van der Waals surface area contributed by atoms with Gasteiger partial charge in [0.2, 0.25) is 5.91 Å². The van der Waals surface area contributed by atoms with Gasteiger partial charge in [-0.1, -0.05) is 49.6 Å². The molecule has 7 heteroatoms. The lowest BCUT2D eigenvalue weighted by Gasteiger charge is -2.38. The molecule has 0 radical (unpaired) electrons. The molecule has 0 spiro atoms. The van der Waals surface area contributed by atoms with E-state index in [1.165, 1.54) is 11.9 Å². The van der Waals surface area contributed by atoms with E-state index in [0.29, 0.717) is 0 Å². The lowest BCUT2D eigenvalue weighted by molar-refractivity contribution is -0.150. The van der Waals surface area contributed by atoms with E-state index in [-0.39, 0.29) is 12.5 Å². The predicted molar refractivity (Wildman–Crippen MR) is 105 cm³/mol. The van der Waals surface area contributed by atoms with Gasteiger partial charge in [-0.05, 0) is 38.2 Å². The van der Waals surface area contributed by atoms with Crippen molar-refractivity contribution < 1.29 is 24.2 Å². The molecular formula is C21H30N2O5. The number of hydrogen-bond acceptors (Lipinski definition) is 4. The van der Waals surface area contributed by atoms with Gasteiger partial charge in [-0.25, -0.2) is 9.59 Å². The lowest BCUT2D eigenvalue weighted by Crippen LogP contribution is -2.61. The minimum Gasteiger partial charge on any atom is -0.480 e. The first kappa shape index (κ1) is 21.7. The summed E-state index contributed by atoms with van der Waals surface area (Å²) in [6, 6.07) is 8.39. The standard InChI is InChI=1S/C21H30N2O5/c1-15(23(3)20(27)28-14-16-10-6-4-7-11-16)18(24)22-21(2,19(25)26)17-12-8-5-9-13-17/h4,6-7,10-11,15,17H,5,8-9,12-14H2,1-3H3,(H,22,24)(H,25,26)/t15-,21-/m0/s1. The summed E-state index contributed by atoms with van der Waals surface area (Å²) >= 11 is 0. The van der Waals surface area contributed by atoms with E-state index < -0.39 is 29.6 Å². The van der Waals surface area contributed by atoms with Crippen molar-refractivity contribution in [2.45, 2.75) is 64.1 Å². The molecule has 1 fully saturated rings. The summed E-state index contributed by atoms with van der Waals surface area (Å²) in [6.45, 7) is 3.22. The van der Waals surface area contributed by atoms with Gasteiger partial charge < -0.3 is 15.2 Å². The third kappa shape index (κ3) is 5.24. The summed E-state index contributed by atoms with van der Waals surface area (Å²) in [5, 5.41) is 12.4. The summed E-state index contributed by atoms with van der Waals surface area (Å²) < 4.78 is 5.25. The van der Waals surface area contributed by atoms with Crippen molar-refractivity contribution in [3.63, 3.8) is 0 Å². The van der Waals surface area contributed by atoms with Crippen molar-refractivity contribution in [2.75, 3.05) is 7.05 Å². The van der Waals surface area contributed by atoms with Crippen LogP contribution < -0.4 is 5.32 Å². The molecular weight excluding hydrogens is 360 g/mol.